The van der Waals surface area contributed by atoms with Crippen molar-refractivity contribution in [2.24, 2.45) is 0 Å². The number of hydrogen-bond acceptors (Lipinski definition) is 5. The number of halogens is 2. The summed E-state index contributed by atoms with van der Waals surface area (Å²) in [6.45, 7) is 0.337. The lowest BCUT2D eigenvalue weighted by molar-refractivity contribution is 0.0953. The zero-order chi connectivity index (χ0) is 13.8. The number of carbonyl (C=O) groups is 1. The van der Waals surface area contributed by atoms with Crippen LogP contribution in [0.4, 0.5) is 5.69 Å². The van der Waals surface area contributed by atoms with Gasteiger partial charge < -0.3 is 15.6 Å². The molecule has 0 atom stereocenters. The molecule has 2 rings (SSSR count). The monoisotopic (exact) mass is 300 g/mol. The second-order valence-corrected chi connectivity index (χ2v) is 4.49. The molecule has 19 heavy (non-hydrogen) atoms. The smallest absolute Gasteiger partial charge is 0.252 e. The highest BCUT2D eigenvalue weighted by Gasteiger charge is 2.14. The molecule has 1 aromatic carbocycles. The number of nitrogens with two attached hydrogens (primary N) is 1. The molecule has 100 valence electrons. The van der Waals surface area contributed by atoms with E-state index in [0.717, 1.165) is 0 Å². The Kier molecular flexibility index (Phi) is 4.24. The highest BCUT2D eigenvalue weighted by Crippen LogP contribution is 2.28. The summed E-state index contributed by atoms with van der Waals surface area (Å²) in [6.07, 6.45) is 1.73. The number of amides is 1. The maximum atomic E-state index is 11.9. The zero-order valence-corrected chi connectivity index (χ0v) is 11.2. The molecule has 6 nitrogen and oxygen atoms in total. The Morgan fingerprint density at radius 3 is 2.89 bits per heavy atom. The normalized spacial score (nSPS) is 10.4. The van der Waals surface area contributed by atoms with E-state index in [1.54, 1.807) is 0 Å². The molecule has 0 aliphatic rings. The number of nitrogens with zero attached hydrogens (tertiary/aromatic N) is 2. The van der Waals surface area contributed by atoms with E-state index in [1.165, 1.54) is 18.5 Å². The third-order valence-electron chi connectivity index (χ3n) is 2.33. The molecule has 0 unspecified atom stereocenters. The van der Waals surface area contributed by atoms with Crippen LogP contribution in [0, 0.1) is 0 Å². The van der Waals surface area contributed by atoms with Crippen molar-refractivity contribution in [1.82, 2.24) is 15.5 Å². The highest BCUT2D eigenvalue weighted by molar-refractivity contribution is 6.44. The van der Waals surface area contributed by atoms with E-state index < -0.39 is 0 Å². The average molecular weight is 301 g/mol. The second kappa shape index (κ2) is 5.90. The maximum absolute atomic E-state index is 11.9. The maximum Gasteiger partial charge on any atom is 0.252 e. The van der Waals surface area contributed by atoms with Crippen LogP contribution >= 0.6 is 23.2 Å². The molecule has 0 spiro atoms. The molecule has 0 fully saturated rings. The van der Waals surface area contributed by atoms with E-state index in [0.29, 0.717) is 24.5 Å². The van der Waals surface area contributed by atoms with E-state index in [-0.39, 0.29) is 21.5 Å². The Balaban J connectivity index is 2.00. The Labute approximate surface area is 118 Å². The molecule has 0 aliphatic carbocycles. The fourth-order valence-corrected chi connectivity index (χ4v) is 1.88. The molecule has 0 bridgehead atoms. The van der Waals surface area contributed by atoms with Crippen LogP contribution in [0.5, 0.6) is 0 Å². The molecule has 0 saturated carbocycles. The van der Waals surface area contributed by atoms with Crippen LogP contribution in [0.25, 0.3) is 0 Å². The van der Waals surface area contributed by atoms with Crippen LogP contribution in [0.2, 0.25) is 10.0 Å². The standard InChI is InChI=1S/C11H10Cl2N4O2/c12-8-4-6(14)3-7(10(8)13)11(18)15-2-1-9-16-5-17-19-9/h3-5H,1-2,14H2,(H,15,18). The lowest BCUT2D eigenvalue weighted by Gasteiger charge is -2.08. The van der Waals surface area contributed by atoms with Crippen molar-refractivity contribution >= 4 is 34.8 Å². The van der Waals surface area contributed by atoms with Crippen molar-refractivity contribution in [2.75, 3.05) is 12.3 Å². The van der Waals surface area contributed by atoms with Gasteiger partial charge >= 0.3 is 0 Å². The number of hydrogen-bond donors (Lipinski definition) is 2. The third-order valence-corrected chi connectivity index (χ3v) is 3.13. The van der Waals surface area contributed by atoms with Crippen LogP contribution in [0.15, 0.2) is 23.0 Å². The van der Waals surface area contributed by atoms with Crippen molar-refractivity contribution in [3.63, 3.8) is 0 Å². The predicted octanol–water partition coefficient (Wildman–Crippen LogP) is 1.93. The number of nitrogen functional groups attached to an aromatic ring is 1. The van der Waals surface area contributed by atoms with Gasteiger partial charge in [0.25, 0.3) is 5.91 Å². The number of anilines is 1. The largest absolute Gasteiger partial charge is 0.399 e. The van der Waals surface area contributed by atoms with Gasteiger partial charge in [-0.2, -0.15) is 4.98 Å². The first kappa shape index (κ1) is 13.6. The third kappa shape index (κ3) is 3.36. The summed E-state index contributed by atoms with van der Waals surface area (Å²) in [6, 6.07) is 2.95. The molecule has 0 aliphatic heterocycles. The van der Waals surface area contributed by atoms with Crippen molar-refractivity contribution in [2.45, 2.75) is 6.42 Å². The topological polar surface area (TPSA) is 94.0 Å². The first-order chi connectivity index (χ1) is 9.08. The minimum atomic E-state index is -0.362. The van der Waals surface area contributed by atoms with Crippen LogP contribution in [-0.2, 0) is 6.42 Å². The summed E-state index contributed by atoms with van der Waals surface area (Å²) in [4.78, 5) is 15.8. The summed E-state index contributed by atoms with van der Waals surface area (Å²) >= 11 is 11.8. The van der Waals surface area contributed by atoms with Gasteiger partial charge in [0.15, 0.2) is 6.33 Å². The first-order valence-electron chi connectivity index (χ1n) is 5.36. The Hall–Kier alpha value is -1.79. The quantitative estimate of drug-likeness (QED) is 0.841. The number of carbonyl (C=O) groups excluding carboxylic acids is 1. The van der Waals surface area contributed by atoms with Crippen molar-refractivity contribution in [1.29, 1.82) is 0 Å². The number of nitrogens with one attached hydrogen (secondary N) is 1. The van der Waals surface area contributed by atoms with Crippen LogP contribution in [0.3, 0.4) is 0 Å². The minimum absolute atomic E-state index is 0.172. The highest BCUT2D eigenvalue weighted by atomic mass is 35.5. The van der Waals surface area contributed by atoms with Gasteiger partial charge in [0.05, 0.1) is 15.6 Å². The van der Waals surface area contributed by atoms with Gasteiger partial charge in [0.2, 0.25) is 5.89 Å². The van der Waals surface area contributed by atoms with Gasteiger partial charge in [0.1, 0.15) is 0 Å². The van der Waals surface area contributed by atoms with Gasteiger partial charge in [0, 0.05) is 18.7 Å². The summed E-state index contributed by atoms with van der Waals surface area (Å²) in [7, 11) is 0. The fourth-order valence-electron chi connectivity index (χ4n) is 1.46. The van der Waals surface area contributed by atoms with Gasteiger partial charge in [-0.1, -0.05) is 28.4 Å². The number of aromatic nitrogens is 2. The van der Waals surface area contributed by atoms with E-state index in [9.17, 15) is 4.79 Å². The Morgan fingerprint density at radius 2 is 2.21 bits per heavy atom. The molecule has 1 heterocycles. The molecule has 1 aromatic heterocycles. The second-order valence-electron chi connectivity index (χ2n) is 3.71. The number of rotatable bonds is 4. The molecule has 1 amide bonds. The Morgan fingerprint density at radius 1 is 1.42 bits per heavy atom. The minimum Gasteiger partial charge on any atom is -0.399 e. The van der Waals surface area contributed by atoms with Crippen LogP contribution < -0.4 is 11.1 Å². The predicted molar refractivity (Wildman–Crippen MR) is 71.2 cm³/mol. The van der Waals surface area contributed by atoms with E-state index in [2.05, 4.69) is 15.5 Å². The van der Waals surface area contributed by atoms with Crippen LogP contribution in [0.1, 0.15) is 16.2 Å². The molecule has 2 aromatic rings. The van der Waals surface area contributed by atoms with E-state index in [1.807, 2.05) is 0 Å². The summed E-state index contributed by atoms with van der Waals surface area (Å²) < 4.78 is 4.80. The summed E-state index contributed by atoms with van der Waals surface area (Å²) in [5, 5.41) is 6.54. The zero-order valence-electron chi connectivity index (χ0n) is 9.69. The van der Waals surface area contributed by atoms with Crippen molar-refractivity contribution in [3.05, 3.63) is 40.0 Å². The lowest BCUT2D eigenvalue weighted by Crippen LogP contribution is -2.26. The van der Waals surface area contributed by atoms with Gasteiger partial charge in [-0.05, 0) is 12.1 Å². The molecule has 0 saturated heterocycles. The summed E-state index contributed by atoms with van der Waals surface area (Å²) in [5.74, 6) is 0.0794. The van der Waals surface area contributed by atoms with Crippen molar-refractivity contribution in [3.8, 4) is 0 Å². The molecular weight excluding hydrogens is 291 g/mol. The first-order valence-corrected chi connectivity index (χ1v) is 6.12. The van der Waals surface area contributed by atoms with E-state index >= 15 is 0 Å². The van der Waals surface area contributed by atoms with E-state index in [4.69, 9.17) is 33.5 Å². The van der Waals surface area contributed by atoms with Gasteiger partial charge in [-0.25, -0.2) is 0 Å². The molecule has 3 N–H and O–H groups in total. The SMILES string of the molecule is Nc1cc(Cl)c(Cl)c(C(=O)NCCc2ncno2)c1. The number of benzene rings is 1. The van der Waals surface area contributed by atoms with Crippen LogP contribution in [-0.4, -0.2) is 22.6 Å². The van der Waals surface area contributed by atoms with Gasteiger partial charge in [-0.15, -0.1) is 0 Å². The van der Waals surface area contributed by atoms with Gasteiger partial charge in [-0.3, -0.25) is 4.79 Å². The molecule has 8 heteroatoms. The fraction of sp³-hybridized carbons (Fsp3) is 0.182. The summed E-state index contributed by atoms with van der Waals surface area (Å²) in [5.41, 5.74) is 6.22. The lowest BCUT2D eigenvalue weighted by atomic mass is 10.2. The Bertz CT molecular complexity index is 587. The van der Waals surface area contributed by atoms with Crippen molar-refractivity contribution < 1.29 is 9.32 Å². The molecule has 0 radical (unpaired) electrons. The average Bonchev–Trinajstić information content (AvgIpc) is 2.86. The molecular formula is C11H10Cl2N4O2.